The number of aryl methyl sites for hydroxylation is 2. The van der Waals surface area contributed by atoms with Crippen molar-refractivity contribution in [2.24, 2.45) is 0 Å². The molecular formula is C23H24FN5O. The normalized spacial score (nSPS) is 14.0. The lowest BCUT2D eigenvalue weighted by Crippen LogP contribution is -2.50. The van der Waals surface area contributed by atoms with Crippen molar-refractivity contribution in [3.8, 4) is 11.3 Å². The van der Waals surface area contributed by atoms with Gasteiger partial charge in [0.1, 0.15) is 5.82 Å². The fourth-order valence-electron chi connectivity index (χ4n) is 3.43. The molecular weight excluding hydrogens is 381 g/mol. The van der Waals surface area contributed by atoms with Crippen molar-refractivity contribution in [3.63, 3.8) is 0 Å². The third-order valence-corrected chi connectivity index (χ3v) is 5.44. The van der Waals surface area contributed by atoms with Crippen LogP contribution in [0.5, 0.6) is 0 Å². The first-order chi connectivity index (χ1) is 14.5. The second kappa shape index (κ2) is 8.49. The molecule has 0 spiro atoms. The Balaban J connectivity index is 1.34. The first-order valence-electron chi connectivity index (χ1n) is 9.97. The van der Waals surface area contributed by atoms with E-state index >= 15 is 0 Å². The molecule has 0 bridgehead atoms. The molecule has 1 N–H and O–H groups in total. The van der Waals surface area contributed by atoms with Crippen LogP contribution in [0.1, 0.15) is 11.1 Å². The van der Waals surface area contributed by atoms with E-state index in [1.807, 2.05) is 42.2 Å². The summed E-state index contributed by atoms with van der Waals surface area (Å²) in [5.41, 5.74) is 4.69. The highest BCUT2D eigenvalue weighted by atomic mass is 19.1. The number of amides is 2. The number of benzene rings is 2. The first kappa shape index (κ1) is 19.8. The van der Waals surface area contributed by atoms with Gasteiger partial charge in [-0.15, -0.1) is 10.2 Å². The molecule has 0 aliphatic carbocycles. The van der Waals surface area contributed by atoms with Gasteiger partial charge in [0, 0.05) is 37.4 Å². The molecule has 7 heteroatoms. The lowest BCUT2D eigenvalue weighted by Gasteiger charge is -2.35. The van der Waals surface area contributed by atoms with Crippen molar-refractivity contribution in [1.82, 2.24) is 15.1 Å². The minimum Gasteiger partial charge on any atom is -0.352 e. The van der Waals surface area contributed by atoms with E-state index in [1.54, 1.807) is 12.1 Å². The van der Waals surface area contributed by atoms with E-state index in [4.69, 9.17) is 0 Å². The molecule has 1 saturated heterocycles. The molecule has 1 aromatic heterocycles. The summed E-state index contributed by atoms with van der Waals surface area (Å²) >= 11 is 0. The van der Waals surface area contributed by atoms with Crippen LogP contribution in [0.2, 0.25) is 0 Å². The van der Waals surface area contributed by atoms with E-state index in [0.717, 1.165) is 22.6 Å². The molecule has 0 saturated carbocycles. The largest absolute Gasteiger partial charge is 0.352 e. The maximum absolute atomic E-state index is 13.1. The van der Waals surface area contributed by atoms with Gasteiger partial charge in [0.2, 0.25) is 0 Å². The van der Waals surface area contributed by atoms with Crippen molar-refractivity contribution in [3.05, 3.63) is 71.5 Å². The molecule has 154 valence electrons. The molecule has 0 radical (unpaired) electrons. The highest BCUT2D eigenvalue weighted by molar-refractivity contribution is 5.89. The zero-order chi connectivity index (χ0) is 21.1. The monoisotopic (exact) mass is 405 g/mol. The molecule has 3 aromatic rings. The second-order valence-electron chi connectivity index (χ2n) is 7.49. The first-order valence-corrected chi connectivity index (χ1v) is 9.97. The van der Waals surface area contributed by atoms with Crippen molar-refractivity contribution < 1.29 is 9.18 Å². The number of aromatic nitrogens is 2. The van der Waals surface area contributed by atoms with Crippen LogP contribution in [0.15, 0.2) is 54.6 Å². The fraction of sp³-hybridized carbons (Fsp3) is 0.261. The van der Waals surface area contributed by atoms with Crippen LogP contribution in [0.4, 0.5) is 20.7 Å². The minimum absolute atomic E-state index is 0.0874. The van der Waals surface area contributed by atoms with E-state index < -0.39 is 0 Å². The van der Waals surface area contributed by atoms with Crippen LogP contribution in [0, 0.1) is 19.7 Å². The zero-order valence-corrected chi connectivity index (χ0v) is 17.1. The lowest BCUT2D eigenvalue weighted by molar-refractivity contribution is 0.208. The number of hydrogen-bond acceptors (Lipinski definition) is 4. The maximum atomic E-state index is 13.1. The van der Waals surface area contributed by atoms with Crippen molar-refractivity contribution >= 4 is 17.5 Å². The molecule has 0 unspecified atom stereocenters. The van der Waals surface area contributed by atoms with Crippen LogP contribution in [0.3, 0.4) is 0 Å². The van der Waals surface area contributed by atoms with E-state index in [1.165, 1.54) is 17.7 Å². The Morgan fingerprint density at radius 1 is 0.900 bits per heavy atom. The van der Waals surface area contributed by atoms with Crippen molar-refractivity contribution in [2.45, 2.75) is 13.8 Å². The maximum Gasteiger partial charge on any atom is 0.321 e. The molecule has 6 nitrogen and oxygen atoms in total. The van der Waals surface area contributed by atoms with Crippen LogP contribution >= 0.6 is 0 Å². The number of nitrogens with one attached hydrogen (secondary N) is 1. The molecule has 1 fully saturated rings. The number of rotatable bonds is 3. The highest BCUT2D eigenvalue weighted by Crippen LogP contribution is 2.20. The minimum atomic E-state index is -0.275. The molecule has 0 atom stereocenters. The SMILES string of the molecule is Cc1ccc(NC(=O)N2CCN(c3ccc(-c4ccc(F)cc4)nn3)CC2)cc1C. The molecule has 30 heavy (non-hydrogen) atoms. The average molecular weight is 405 g/mol. The number of carbonyl (C=O) groups excluding carboxylic acids is 1. The van der Waals surface area contributed by atoms with E-state index in [2.05, 4.69) is 27.3 Å². The molecule has 2 heterocycles. The van der Waals surface area contributed by atoms with Gasteiger partial charge >= 0.3 is 6.03 Å². The third kappa shape index (κ3) is 4.40. The molecule has 1 aliphatic heterocycles. The smallest absolute Gasteiger partial charge is 0.321 e. The Morgan fingerprint density at radius 3 is 2.27 bits per heavy atom. The number of piperazine rings is 1. The van der Waals surface area contributed by atoms with Gasteiger partial charge in [0.05, 0.1) is 5.69 Å². The summed E-state index contributed by atoms with van der Waals surface area (Å²) in [7, 11) is 0. The Hall–Kier alpha value is -3.48. The van der Waals surface area contributed by atoms with Gasteiger partial charge in [-0.1, -0.05) is 6.07 Å². The number of nitrogens with zero attached hydrogens (tertiary/aromatic N) is 4. The summed E-state index contributed by atoms with van der Waals surface area (Å²) in [5, 5.41) is 11.6. The number of carbonyl (C=O) groups is 1. The Kier molecular flexibility index (Phi) is 5.61. The standard InChI is InChI=1S/C23H24FN5O/c1-16-3-8-20(15-17(16)2)25-23(30)29-13-11-28(12-14-29)22-10-9-21(26-27-22)18-4-6-19(24)7-5-18/h3-10,15H,11-14H2,1-2H3,(H,25,30). The molecule has 1 aliphatic rings. The quantitative estimate of drug-likeness (QED) is 0.708. The summed E-state index contributed by atoms with van der Waals surface area (Å²) in [6, 6.07) is 15.8. The molecule has 2 aromatic carbocycles. The third-order valence-electron chi connectivity index (χ3n) is 5.44. The van der Waals surface area contributed by atoms with E-state index in [9.17, 15) is 9.18 Å². The highest BCUT2D eigenvalue weighted by Gasteiger charge is 2.22. The van der Waals surface area contributed by atoms with Gasteiger partial charge in [-0.3, -0.25) is 0 Å². The average Bonchev–Trinajstić information content (AvgIpc) is 2.77. The summed E-state index contributed by atoms with van der Waals surface area (Å²) in [6.07, 6.45) is 0. The summed E-state index contributed by atoms with van der Waals surface area (Å²) in [6.45, 7) is 6.67. The fourth-order valence-corrected chi connectivity index (χ4v) is 3.43. The number of halogens is 1. The van der Waals surface area contributed by atoms with Gasteiger partial charge in [0.15, 0.2) is 5.82 Å². The van der Waals surface area contributed by atoms with Crippen LogP contribution < -0.4 is 10.2 Å². The molecule has 4 rings (SSSR count). The molecule has 2 amide bonds. The number of anilines is 2. The zero-order valence-electron chi connectivity index (χ0n) is 17.1. The van der Waals surface area contributed by atoms with Gasteiger partial charge in [-0.05, 0) is 73.5 Å². The Bertz CT molecular complexity index is 1030. The predicted octanol–water partition coefficient (Wildman–Crippen LogP) is 4.25. The van der Waals surface area contributed by atoms with E-state index in [0.29, 0.717) is 31.9 Å². The summed E-state index contributed by atoms with van der Waals surface area (Å²) in [4.78, 5) is 16.5. The topological polar surface area (TPSA) is 61.4 Å². The van der Waals surface area contributed by atoms with Gasteiger partial charge < -0.3 is 15.1 Å². The van der Waals surface area contributed by atoms with E-state index in [-0.39, 0.29) is 11.8 Å². The van der Waals surface area contributed by atoms with Gasteiger partial charge in [-0.25, -0.2) is 9.18 Å². The van der Waals surface area contributed by atoms with Gasteiger partial charge in [0.25, 0.3) is 0 Å². The predicted molar refractivity (Wildman–Crippen MR) is 116 cm³/mol. The van der Waals surface area contributed by atoms with Gasteiger partial charge in [-0.2, -0.15) is 0 Å². The lowest BCUT2D eigenvalue weighted by atomic mass is 10.1. The Morgan fingerprint density at radius 2 is 1.63 bits per heavy atom. The van der Waals surface area contributed by atoms with Crippen LogP contribution in [0.25, 0.3) is 11.3 Å². The summed E-state index contributed by atoms with van der Waals surface area (Å²) in [5.74, 6) is 0.498. The second-order valence-corrected chi connectivity index (χ2v) is 7.49. The van der Waals surface area contributed by atoms with Crippen LogP contribution in [-0.4, -0.2) is 47.3 Å². The van der Waals surface area contributed by atoms with Crippen molar-refractivity contribution in [2.75, 3.05) is 36.4 Å². The van der Waals surface area contributed by atoms with Crippen molar-refractivity contribution in [1.29, 1.82) is 0 Å². The number of hydrogen-bond donors (Lipinski definition) is 1. The van der Waals surface area contributed by atoms with Crippen LogP contribution in [-0.2, 0) is 0 Å². The Labute approximate surface area is 175 Å². The number of urea groups is 1. The summed E-state index contributed by atoms with van der Waals surface area (Å²) < 4.78 is 13.1.